The number of fused-ring (bicyclic) bond motifs is 4. The van der Waals surface area contributed by atoms with E-state index in [1.807, 2.05) is 31.2 Å². The van der Waals surface area contributed by atoms with Crippen LogP contribution in [0.2, 0.25) is 0 Å². The molecule has 0 radical (unpaired) electrons. The lowest BCUT2D eigenvalue weighted by Crippen LogP contribution is -2.37. The maximum absolute atomic E-state index is 11.1. The van der Waals surface area contributed by atoms with Crippen molar-refractivity contribution in [3.63, 3.8) is 0 Å². The largest absolute Gasteiger partial charge is 0.507 e. The van der Waals surface area contributed by atoms with Gasteiger partial charge in [-0.2, -0.15) is 5.10 Å². The van der Waals surface area contributed by atoms with Crippen LogP contribution >= 0.6 is 0 Å². The topological polar surface area (TPSA) is 81.5 Å². The lowest BCUT2D eigenvalue weighted by atomic mass is 9.82. The van der Waals surface area contributed by atoms with Gasteiger partial charge < -0.3 is 29.5 Å². The zero-order valence-electron chi connectivity index (χ0n) is 17.2. The van der Waals surface area contributed by atoms with E-state index in [0.29, 0.717) is 35.8 Å². The number of hydrogen-bond acceptors (Lipinski definition) is 7. The van der Waals surface area contributed by atoms with Crippen molar-refractivity contribution in [1.82, 2.24) is 5.43 Å². The Hall–Kier alpha value is -3.35. The smallest absolute Gasteiger partial charge is 0.164 e. The molecule has 0 aromatic heterocycles. The number of ether oxygens (including phenoxy) is 4. The molecule has 2 N–H and O–H groups in total. The Labute approximate surface area is 174 Å². The molecule has 0 spiro atoms. The zero-order valence-corrected chi connectivity index (χ0v) is 17.2. The maximum Gasteiger partial charge on any atom is 0.164 e. The third kappa shape index (κ3) is 2.69. The fraction of sp³-hybridized carbons (Fsp3) is 0.348. The average molecular weight is 408 g/mol. The van der Waals surface area contributed by atoms with Gasteiger partial charge in [0.1, 0.15) is 30.0 Å². The molecule has 0 fully saturated rings. The van der Waals surface area contributed by atoms with E-state index in [4.69, 9.17) is 18.9 Å². The van der Waals surface area contributed by atoms with E-state index in [9.17, 15) is 5.11 Å². The quantitative estimate of drug-likeness (QED) is 0.757. The number of methoxy groups -OCH3 is 2. The zero-order chi connectivity index (χ0) is 21.0. The van der Waals surface area contributed by atoms with Crippen LogP contribution in [0.15, 0.2) is 41.5 Å². The van der Waals surface area contributed by atoms with Crippen LogP contribution < -0.4 is 24.4 Å². The summed E-state index contributed by atoms with van der Waals surface area (Å²) < 4.78 is 22.8. The number of hydrazone groups is 1. The van der Waals surface area contributed by atoms with Crippen molar-refractivity contribution in [1.29, 1.82) is 0 Å². The van der Waals surface area contributed by atoms with E-state index in [0.717, 1.165) is 28.2 Å². The summed E-state index contributed by atoms with van der Waals surface area (Å²) in [5.74, 6) is 2.80. The van der Waals surface area contributed by atoms with Crippen molar-refractivity contribution in [3.8, 4) is 28.7 Å². The number of hydrogen-bond donors (Lipinski definition) is 2. The fourth-order valence-electron chi connectivity index (χ4n) is 4.42. The Balaban J connectivity index is 1.57. The molecule has 3 atom stereocenters. The number of nitrogens with zero attached hydrogens (tertiary/aromatic N) is 1. The Kier molecular flexibility index (Phi) is 4.27. The normalized spacial score (nSPS) is 23.2. The van der Waals surface area contributed by atoms with Gasteiger partial charge in [0.2, 0.25) is 0 Å². The number of phenolic OH excluding ortho intramolecular Hbond substituents is 1. The SMILES string of the molecule is C=C(C)[C@H]1Cc2c(ccc(C3=NNC4COc5cc(OC)c(OC)cc5C34)c2O)O1. The van der Waals surface area contributed by atoms with Gasteiger partial charge in [-0.25, -0.2) is 0 Å². The van der Waals surface area contributed by atoms with E-state index in [2.05, 4.69) is 17.1 Å². The van der Waals surface area contributed by atoms with Crippen LogP contribution in [0, 0.1) is 0 Å². The van der Waals surface area contributed by atoms with E-state index in [-0.39, 0.29) is 23.8 Å². The second kappa shape index (κ2) is 6.86. The molecular weight excluding hydrogens is 384 g/mol. The van der Waals surface area contributed by atoms with Crippen LogP contribution in [0.5, 0.6) is 28.7 Å². The molecule has 7 heteroatoms. The van der Waals surface area contributed by atoms with Gasteiger partial charge in [0.05, 0.1) is 31.9 Å². The summed E-state index contributed by atoms with van der Waals surface area (Å²) in [6, 6.07) is 7.51. The minimum Gasteiger partial charge on any atom is -0.507 e. The number of phenols is 1. The fourth-order valence-corrected chi connectivity index (χ4v) is 4.42. The molecule has 156 valence electrons. The lowest BCUT2D eigenvalue weighted by Gasteiger charge is -2.30. The van der Waals surface area contributed by atoms with Crippen LogP contribution in [0.4, 0.5) is 0 Å². The number of benzene rings is 2. The predicted molar refractivity (Wildman–Crippen MR) is 112 cm³/mol. The van der Waals surface area contributed by atoms with Gasteiger partial charge in [-0.15, -0.1) is 0 Å². The first-order chi connectivity index (χ1) is 14.5. The van der Waals surface area contributed by atoms with Crippen LogP contribution in [-0.4, -0.2) is 43.8 Å². The summed E-state index contributed by atoms with van der Waals surface area (Å²) in [5, 5.41) is 15.7. The van der Waals surface area contributed by atoms with Gasteiger partial charge in [-0.3, -0.25) is 0 Å². The molecule has 2 aromatic carbocycles. The molecule has 3 aliphatic heterocycles. The Morgan fingerprint density at radius 2 is 1.97 bits per heavy atom. The Bertz CT molecular complexity index is 1080. The van der Waals surface area contributed by atoms with Crippen molar-refractivity contribution >= 4 is 5.71 Å². The van der Waals surface area contributed by atoms with Crippen molar-refractivity contribution in [2.45, 2.75) is 31.4 Å². The standard InChI is InChI=1S/C23H24N2O5/c1-11(2)17-8-14-16(30-17)6-5-12(23(14)26)22-21-13-7-19(27-3)20(28-4)9-18(13)29-10-15(21)24-25-22/h5-7,9,15,17,21,24,26H,1,8,10H2,2-4H3/t15?,17-,21?/m1/s1. The second-order valence-corrected chi connectivity index (χ2v) is 7.86. The molecule has 0 saturated heterocycles. The Morgan fingerprint density at radius 1 is 1.20 bits per heavy atom. The van der Waals surface area contributed by atoms with E-state index < -0.39 is 0 Å². The highest BCUT2D eigenvalue weighted by Crippen LogP contribution is 2.47. The van der Waals surface area contributed by atoms with Crippen LogP contribution in [0.3, 0.4) is 0 Å². The first kappa shape index (κ1) is 18.7. The molecule has 0 saturated carbocycles. The summed E-state index contributed by atoms with van der Waals surface area (Å²) in [6.07, 6.45) is 0.488. The molecule has 0 aliphatic carbocycles. The van der Waals surface area contributed by atoms with Gasteiger partial charge in [0, 0.05) is 29.2 Å². The summed E-state index contributed by atoms with van der Waals surface area (Å²) in [7, 11) is 3.21. The van der Waals surface area contributed by atoms with Crippen molar-refractivity contribution in [3.05, 3.63) is 53.1 Å². The molecule has 3 aliphatic rings. The van der Waals surface area contributed by atoms with Crippen molar-refractivity contribution in [2.24, 2.45) is 5.10 Å². The molecule has 2 aromatic rings. The second-order valence-electron chi connectivity index (χ2n) is 7.86. The van der Waals surface area contributed by atoms with E-state index in [1.165, 1.54) is 0 Å². The minimum atomic E-state index is -0.113. The number of rotatable bonds is 4. The molecule has 7 nitrogen and oxygen atoms in total. The third-order valence-corrected chi connectivity index (χ3v) is 6.04. The van der Waals surface area contributed by atoms with Gasteiger partial charge in [0.25, 0.3) is 0 Å². The third-order valence-electron chi connectivity index (χ3n) is 6.04. The van der Waals surface area contributed by atoms with Crippen LogP contribution in [-0.2, 0) is 6.42 Å². The van der Waals surface area contributed by atoms with E-state index >= 15 is 0 Å². The first-order valence-electron chi connectivity index (χ1n) is 9.91. The number of aromatic hydroxyl groups is 1. The molecule has 0 amide bonds. The summed E-state index contributed by atoms with van der Waals surface area (Å²) in [5.41, 5.74) is 7.32. The summed E-state index contributed by atoms with van der Waals surface area (Å²) >= 11 is 0. The van der Waals surface area contributed by atoms with Gasteiger partial charge in [-0.1, -0.05) is 6.58 Å². The van der Waals surface area contributed by atoms with Crippen molar-refractivity contribution < 1.29 is 24.1 Å². The van der Waals surface area contributed by atoms with Crippen LogP contribution in [0.25, 0.3) is 0 Å². The summed E-state index contributed by atoms with van der Waals surface area (Å²) in [6.45, 7) is 6.38. The van der Waals surface area contributed by atoms with E-state index in [1.54, 1.807) is 14.2 Å². The molecule has 2 unspecified atom stereocenters. The average Bonchev–Trinajstić information content (AvgIpc) is 3.38. The highest BCUT2D eigenvalue weighted by atomic mass is 16.5. The minimum absolute atomic E-state index is 0.0299. The molecular formula is C23H24N2O5. The van der Waals surface area contributed by atoms with Crippen molar-refractivity contribution in [2.75, 3.05) is 20.8 Å². The molecule has 30 heavy (non-hydrogen) atoms. The molecule has 0 bridgehead atoms. The molecule has 3 heterocycles. The maximum atomic E-state index is 11.1. The molecule has 5 rings (SSSR count). The van der Waals surface area contributed by atoms with Crippen LogP contribution in [0.1, 0.15) is 29.5 Å². The van der Waals surface area contributed by atoms with Gasteiger partial charge in [0.15, 0.2) is 11.5 Å². The highest BCUT2D eigenvalue weighted by Gasteiger charge is 2.41. The Morgan fingerprint density at radius 3 is 2.70 bits per heavy atom. The lowest BCUT2D eigenvalue weighted by molar-refractivity contribution is 0.239. The number of nitrogens with one attached hydrogen (secondary N) is 1. The highest BCUT2D eigenvalue weighted by molar-refractivity contribution is 6.09. The summed E-state index contributed by atoms with van der Waals surface area (Å²) in [4.78, 5) is 0. The van der Waals surface area contributed by atoms with Gasteiger partial charge >= 0.3 is 0 Å². The first-order valence-corrected chi connectivity index (χ1v) is 9.91. The predicted octanol–water partition coefficient (Wildman–Crippen LogP) is 3.14. The monoisotopic (exact) mass is 408 g/mol. The van der Waals surface area contributed by atoms with Gasteiger partial charge in [-0.05, 0) is 30.7 Å².